The Bertz CT molecular complexity index is 432. The van der Waals surface area contributed by atoms with E-state index in [1.165, 1.54) is 6.07 Å². The highest BCUT2D eigenvalue weighted by Gasteiger charge is 2.15. The van der Waals surface area contributed by atoms with Crippen molar-refractivity contribution in [1.82, 2.24) is 4.90 Å². The molecular formula is C11H16N4O3. The molecule has 1 aromatic carbocycles. The zero-order valence-electron chi connectivity index (χ0n) is 9.96. The molecule has 7 nitrogen and oxygen atoms in total. The third kappa shape index (κ3) is 2.95. The predicted octanol–water partition coefficient (Wildman–Crippen LogP) is 0.713. The van der Waals surface area contributed by atoms with Crippen LogP contribution in [0.4, 0.5) is 11.4 Å². The summed E-state index contributed by atoms with van der Waals surface area (Å²) in [6, 6.07) is 4.95. The van der Waals surface area contributed by atoms with E-state index in [0.29, 0.717) is 5.69 Å². The second-order valence-corrected chi connectivity index (χ2v) is 4.14. The second kappa shape index (κ2) is 5.76. The van der Waals surface area contributed by atoms with Gasteiger partial charge in [0.2, 0.25) is 0 Å². The molecule has 1 aliphatic heterocycles. The minimum atomic E-state index is -0.451. The van der Waals surface area contributed by atoms with Crippen molar-refractivity contribution in [2.75, 3.05) is 31.7 Å². The molecule has 1 aromatic rings. The molecule has 0 aliphatic carbocycles. The molecule has 1 fully saturated rings. The van der Waals surface area contributed by atoms with E-state index in [1.807, 2.05) is 0 Å². The van der Waals surface area contributed by atoms with Crippen LogP contribution in [0.15, 0.2) is 18.2 Å². The van der Waals surface area contributed by atoms with Crippen LogP contribution < -0.4 is 11.3 Å². The molecule has 2 rings (SSSR count). The summed E-state index contributed by atoms with van der Waals surface area (Å²) in [5.41, 5.74) is 3.69. The van der Waals surface area contributed by atoms with Gasteiger partial charge >= 0.3 is 0 Å². The Labute approximate surface area is 105 Å². The summed E-state index contributed by atoms with van der Waals surface area (Å²) >= 11 is 0. The lowest BCUT2D eigenvalue weighted by molar-refractivity contribution is -0.384. The van der Waals surface area contributed by atoms with Crippen molar-refractivity contribution in [3.05, 3.63) is 33.9 Å². The number of nitro benzene ring substituents is 1. The normalized spacial score (nSPS) is 16.5. The first-order valence-corrected chi connectivity index (χ1v) is 5.75. The molecule has 0 bridgehead atoms. The van der Waals surface area contributed by atoms with Crippen LogP contribution in [-0.2, 0) is 11.3 Å². The SMILES string of the molecule is NNc1cc(CN2CCOCC2)ccc1[N+](=O)[O-]. The van der Waals surface area contributed by atoms with E-state index in [-0.39, 0.29) is 5.69 Å². The summed E-state index contributed by atoms with van der Waals surface area (Å²) in [6.45, 7) is 3.96. The van der Waals surface area contributed by atoms with Crippen molar-refractivity contribution < 1.29 is 9.66 Å². The quantitative estimate of drug-likeness (QED) is 0.465. The maximum atomic E-state index is 10.8. The number of hydrogen-bond acceptors (Lipinski definition) is 6. The molecule has 0 radical (unpaired) electrons. The molecule has 1 saturated heterocycles. The van der Waals surface area contributed by atoms with E-state index in [0.717, 1.165) is 38.4 Å². The number of nitrogen functional groups attached to an aromatic ring is 1. The van der Waals surface area contributed by atoms with Gasteiger partial charge in [0, 0.05) is 25.7 Å². The third-order valence-electron chi connectivity index (χ3n) is 2.92. The zero-order chi connectivity index (χ0) is 13.0. The number of nitro groups is 1. The number of ether oxygens (including phenoxy) is 1. The Hall–Kier alpha value is -1.70. The Balaban J connectivity index is 2.11. The van der Waals surface area contributed by atoms with Gasteiger partial charge in [0.1, 0.15) is 5.69 Å². The summed E-state index contributed by atoms with van der Waals surface area (Å²) in [5, 5.41) is 10.8. The minimum absolute atomic E-state index is 0.0109. The number of morpholine rings is 1. The molecule has 3 N–H and O–H groups in total. The van der Waals surface area contributed by atoms with Crippen molar-refractivity contribution >= 4 is 11.4 Å². The van der Waals surface area contributed by atoms with Gasteiger partial charge in [-0.1, -0.05) is 6.07 Å². The number of anilines is 1. The van der Waals surface area contributed by atoms with Crippen LogP contribution in [0.5, 0.6) is 0 Å². The average molecular weight is 252 g/mol. The molecule has 1 aliphatic rings. The Kier molecular flexibility index (Phi) is 4.08. The molecule has 1 heterocycles. The van der Waals surface area contributed by atoms with Crippen LogP contribution in [0.1, 0.15) is 5.56 Å². The molecular weight excluding hydrogens is 236 g/mol. The minimum Gasteiger partial charge on any atom is -0.379 e. The lowest BCUT2D eigenvalue weighted by Gasteiger charge is -2.26. The largest absolute Gasteiger partial charge is 0.379 e. The molecule has 0 unspecified atom stereocenters. The van der Waals surface area contributed by atoms with Gasteiger partial charge in [0.25, 0.3) is 5.69 Å². The number of hydrazine groups is 1. The molecule has 0 saturated carbocycles. The monoisotopic (exact) mass is 252 g/mol. The second-order valence-electron chi connectivity index (χ2n) is 4.14. The predicted molar refractivity (Wildman–Crippen MR) is 67.0 cm³/mol. The van der Waals surface area contributed by atoms with Gasteiger partial charge in [-0.05, 0) is 11.6 Å². The van der Waals surface area contributed by atoms with E-state index < -0.39 is 4.92 Å². The Morgan fingerprint density at radius 3 is 2.78 bits per heavy atom. The molecule has 98 valence electrons. The Morgan fingerprint density at radius 2 is 2.17 bits per heavy atom. The number of nitrogens with two attached hydrogens (primary N) is 1. The van der Waals surface area contributed by atoms with Gasteiger partial charge in [-0.25, -0.2) is 0 Å². The summed E-state index contributed by atoms with van der Waals surface area (Å²) < 4.78 is 5.27. The molecule has 0 amide bonds. The lowest BCUT2D eigenvalue weighted by Crippen LogP contribution is -2.35. The first-order chi connectivity index (χ1) is 8.70. The van der Waals surface area contributed by atoms with E-state index in [4.69, 9.17) is 10.6 Å². The third-order valence-corrected chi connectivity index (χ3v) is 2.92. The summed E-state index contributed by atoms with van der Waals surface area (Å²) in [7, 11) is 0. The molecule has 0 spiro atoms. The van der Waals surface area contributed by atoms with Gasteiger partial charge in [-0.3, -0.25) is 20.9 Å². The number of rotatable bonds is 4. The number of nitrogens with one attached hydrogen (secondary N) is 1. The van der Waals surface area contributed by atoms with Gasteiger partial charge in [0.15, 0.2) is 0 Å². The van der Waals surface area contributed by atoms with Crippen molar-refractivity contribution in [1.29, 1.82) is 0 Å². The fourth-order valence-corrected chi connectivity index (χ4v) is 1.97. The highest BCUT2D eigenvalue weighted by molar-refractivity contribution is 5.62. The topological polar surface area (TPSA) is 93.7 Å². The van der Waals surface area contributed by atoms with Crippen molar-refractivity contribution in [3.63, 3.8) is 0 Å². The fourth-order valence-electron chi connectivity index (χ4n) is 1.97. The smallest absolute Gasteiger partial charge is 0.293 e. The fraction of sp³-hybridized carbons (Fsp3) is 0.455. The van der Waals surface area contributed by atoms with E-state index in [1.54, 1.807) is 12.1 Å². The van der Waals surface area contributed by atoms with Gasteiger partial charge in [-0.15, -0.1) is 0 Å². The van der Waals surface area contributed by atoms with Crippen molar-refractivity contribution in [3.8, 4) is 0 Å². The van der Waals surface area contributed by atoms with Crippen LogP contribution in [0, 0.1) is 10.1 Å². The van der Waals surface area contributed by atoms with E-state index >= 15 is 0 Å². The van der Waals surface area contributed by atoms with Gasteiger partial charge < -0.3 is 10.2 Å². The molecule has 18 heavy (non-hydrogen) atoms. The zero-order valence-corrected chi connectivity index (χ0v) is 9.96. The van der Waals surface area contributed by atoms with Crippen LogP contribution in [0.3, 0.4) is 0 Å². The highest BCUT2D eigenvalue weighted by atomic mass is 16.6. The first-order valence-electron chi connectivity index (χ1n) is 5.75. The van der Waals surface area contributed by atoms with E-state index in [2.05, 4.69) is 10.3 Å². The maximum absolute atomic E-state index is 10.8. The van der Waals surface area contributed by atoms with Crippen LogP contribution >= 0.6 is 0 Å². The Morgan fingerprint density at radius 1 is 1.44 bits per heavy atom. The highest BCUT2D eigenvalue weighted by Crippen LogP contribution is 2.25. The number of nitrogens with zero attached hydrogens (tertiary/aromatic N) is 2. The summed E-state index contributed by atoms with van der Waals surface area (Å²) in [5.74, 6) is 5.30. The lowest BCUT2D eigenvalue weighted by atomic mass is 10.1. The van der Waals surface area contributed by atoms with Gasteiger partial charge in [0.05, 0.1) is 18.1 Å². The first kappa shape index (κ1) is 12.7. The summed E-state index contributed by atoms with van der Waals surface area (Å²) in [4.78, 5) is 12.6. The van der Waals surface area contributed by atoms with Crippen molar-refractivity contribution in [2.45, 2.75) is 6.54 Å². The van der Waals surface area contributed by atoms with Crippen LogP contribution in [0.25, 0.3) is 0 Å². The standard InChI is InChI=1S/C11H16N4O3/c12-13-10-7-9(1-2-11(10)15(16)17)8-14-3-5-18-6-4-14/h1-2,7,13H,3-6,8,12H2. The van der Waals surface area contributed by atoms with E-state index in [9.17, 15) is 10.1 Å². The average Bonchev–Trinajstić information content (AvgIpc) is 2.39. The number of benzene rings is 1. The van der Waals surface area contributed by atoms with Crippen LogP contribution in [0.2, 0.25) is 0 Å². The molecule has 7 heteroatoms. The number of hydrogen-bond donors (Lipinski definition) is 2. The van der Waals surface area contributed by atoms with Gasteiger partial charge in [-0.2, -0.15) is 0 Å². The van der Waals surface area contributed by atoms with Crippen LogP contribution in [-0.4, -0.2) is 36.1 Å². The summed E-state index contributed by atoms with van der Waals surface area (Å²) in [6.07, 6.45) is 0. The molecule has 0 aromatic heterocycles. The molecule has 0 atom stereocenters. The maximum Gasteiger partial charge on any atom is 0.293 e. The van der Waals surface area contributed by atoms with Crippen molar-refractivity contribution in [2.24, 2.45) is 5.84 Å².